The lowest BCUT2D eigenvalue weighted by molar-refractivity contribution is 0.0860. The molecule has 1 atom stereocenters. The summed E-state index contributed by atoms with van der Waals surface area (Å²) in [4.78, 5) is 18.9. The van der Waals surface area contributed by atoms with Gasteiger partial charge in [0.15, 0.2) is 0 Å². The van der Waals surface area contributed by atoms with Gasteiger partial charge in [0.2, 0.25) is 0 Å². The number of carbonyl (C=O) groups is 1. The highest BCUT2D eigenvalue weighted by molar-refractivity contribution is 6.17. The molecular weight excluding hydrogens is 338 g/mol. The molecule has 1 amide bonds. The van der Waals surface area contributed by atoms with Crippen molar-refractivity contribution >= 4 is 17.7 Å². The summed E-state index contributed by atoms with van der Waals surface area (Å²) in [6.45, 7) is 6.39. The molecule has 0 N–H and O–H groups in total. The zero-order valence-electron chi connectivity index (χ0n) is 14.7. The molecule has 0 bridgehead atoms. The molecule has 1 aromatic heterocycles. The molecule has 0 radical (unpaired) electrons. The third-order valence-electron chi connectivity index (χ3n) is 4.78. The Balaban J connectivity index is 1.68. The maximum absolute atomic E-state index is 12.4. The SMILES string of the molecule is CC[C@@H](C)c1nc2n(c1CCl)CCN(C(=O)OCc1ccccc1)C2. The third-order valence-corrected chi connectivity index (χ3v) is 5.03. The summed E-state index contributed by atoms with van der Waals surface area (Å²) >= 11 is 6.16. The van der Waals surface area contributed by atoms with Crippen LogP contribution in [0.2, 0.25) is 0 Å². The molecule has 5 nitrogen and oxygen atoms in total. The minimum absolute atomic E-state index is 0.287. The second-order valence-corrected chi connectivity index (χ2v) is 6.68. The maximum Gasteiger partial charge on any atom is 0.410 e. The number of rotatable bonds is 5. The Labute approximate surface area is 153 Å². The summed E-state index contributed by atoms with van der Waals surface area (Å²) < 4.78 is 7.60. The highest BCUT2D eigenvalue weighted by atomic mass is 35.5. The first-order chi connectivity index (χ1) is 12.1. The van der Waals surface area contributed by atoms with Crippen molar-refractivity contribution in [1.29, 1.82) is 0 Å². The van der Waals surface area contributed by atoms with Gasteiger partial charge in [0, 0.05) is 13.1 Å². The van der Waals surface area contributed by atoms with Gasteiger partial charge >= 0.3 is 6.09 Å². The van der Waals surface area contributed by atoms with E-state index in [-0.39, 0.29) is 12.7 Å². The number of hydrogen-bond acceptors (Lipinski definition) is 3. The van der Waals surface area contributed by atoms with Crippen LogP contribution < -0.4 is 0 Å². The Morgan fingerprint density at radius 2 is 2.08 bits per heavy atom. The molecule has 0 fully saturated rings. The van der Waals surface area contributed by atoms with Crippen LogP contribution in [0.5, 0.6) is 0 Å². The van der Waals surface area contributed by atoms with Gasteiger partial charge in [0.05, 0.1) is 23.8 Å². The number of alkyl halides is 1. The number of halogens is 1. The first-order valence-corrected chi connectivity index (χ1v) is 9.27. The number of aromatic nitrogens is 2. The van der Waals surface area contributed by atoms with Crippen molar-refractivity contribution in [3.8, 4) is 0 Å². The average Bonchev–Trinajstić information content (AvgIpc) is 3.04. The van der Waals surface area contributed by atoms with Gasteiger partial charge in [-0.1, -0.05) is 44.2 Å². The molecule has 2 aromatic rings. The highest BCUT2D eigenvalue weighted by Gasteiger charge is 2.27. The molecule has 0 aliphatic carbocycles. The Hall–Kier alpha value is -2.01. The molecule has 0 spiro atoms. The average molecular weight is 362 g/mol. The number of ether oxygens (including phenoxy) is 1. The van der Waals surface area contributed by atoms with Crippen LogP contribution >= 0.6 is 11.6 Å². The number of nitrogens with zero attached hydrogens (tertiary/aromatic N) is 3. The second kappa shape index (κ2) is 7.91. The molecule has 0 saturated carbocycles. The Kier molecular flexibility index (Phi) is 5.63. The van der Waals surface area contributed by atoms with E-state index in [4.69, 9.17) is 21.3 Å². The lowest BCUT2D eigenvalue weighted by Gasteiger charge is -2.27. The van der Waals surface area contributed by atoms with E-state index in [1.54, 1.807) is 4.90 Å². The first-order valence-electron chi connectivity index (χ1n) is 8.73. The summed E-state index contributed by atoms with van der Waals surface area (Å²) in [6.07, 6.45) is 0.721. The zero-order valence-corrected chi connectivity index (χ0v) is 15.5. The van der Waals surface area contributed by atoms with Gasteiger partial charge < -0.3 is 9.30 Å². The third kappa shape index (κ3) is 3.82. The van der Waals surface area contributed by atoms with Crippen LogP contribution in [0.4, 0.5) is 4.79 Å². The standard InChI is InChI=1S/C19H24ClN3O2/c1-3-14(2)18-16(11-20)23-10-9-22(12-17(23)21-18)19(24)25-13-15-7-5-4-6-8-15/h4-8,14H,3,9-13H2,1-2H3/t14-/m1/s1. The minimum atomic E-state index is -0.296. The zero-order chi connectivity index (χ0) is 17.8. The predicted octanol–water partition coefficient (Wildman–Crippen LogP) is 4.29. The van der Waals surface area contributed by atoms with Crippen molar-refractivity contribution in [2.24, 2.45) is 0 Å². The van der Waals surface area contributed by atoms with Gasteiger partial charge in [-0.25, -0.2) is 9.78 Å². The molecule has 1 aliphatic heterocycles. The Bertz CT molecular complexity index is 730. The van der Waals surface area contributed by atoms with Crippen molar-refractivity contribution in [2.75, 3.05) is 6.54 Å². The number of benzene rings is 1. The van der Waals surface area contributed by atoms with Crippen LogP contribution in [0.3, 0.4) is 0 Å². The van der Waals surface area contributed by atoms with Crippen LogP contribution in [-0.2, 0) is 30.3 Å². The normalized spacial score (nSPS) is 14.9. The van der Waals surface area contributed by atoms with E-state index in [1.165, 1.54) is 0 Å². The lowest BCUT2D eigenvalue weighted by atomic mass is 10.0. The molecular formula is C19H24ClN3O2. The van der Waals surface area contributed by atoms with Crippen molar-refractivity contribution in [3.63, 3.8) is 0 Å². The van der Waals surface area contributed by atoms with E-state index < -0.39 is 0 Å². The molecule has 6 heteroatoms. The summed E-state index contributed by atoms with van der Waals surface area (Å²) in [5.74, 6) is 1.71. The second-order valence-electron chi connectivity index (χ2n) is 6.42. The first kappa shape index (κ1) is 17.8. The van der Waals surface area contributed by atoms with E-state index in [1.807, 2.05) is 30.3 Å². The number of hydrogen-bond donors (Lipinski definition) is 0. The van der Waals surface area contributed by atoms with Crippen molar-refractivity contribution < 1.29 is 9.53 Å². The van der Waals surface area contributed by atoms with Crippen LogP contribution in [0.15, 0.2) is 30.3 Å². The summed E-state index contributed by atoms with van der Waals surface area (Å²) in [6, 6.07) is 9.71. The molecule has 25 heavy (non-hydrogen) atoms. The topological polar surface area (TPSA) is 47.4 Å². The van der Waals surface area contributed by atoms with Gasteiger partial charge in [0.1, 0.15) is 12.4 Å². The van der Waals surface area contributed by atoms with E-state index in [9.17, 15) is 4.79 Å². The van der Waals surface area contributed by atoms with Crippen LogP contribution in [0, 0.1) is 0 Å². The fourth-order valence-corrected chi connectivity index (χ4v) is 3.39. The molecule has 0 unspecified atom stereocenters. The van der Waals surface area contributed by atoms with Crippen molar-refractivity contribution in [3.05, 3.63) is 53.1 Å². The van der Waals surface area contributed by atoms with Crippen LogP contribution in [-0.4, -0.2) is 27.1 Å². The van der Waals surface area contributed by atoms with Crippen LogP contribution in [0.25, 0.3) is 0 Å². The summed E-state index contributed by atoms with van der Waals surface area (Å²) in [5.41, 5.74) is 3.13. The predicted molar refractivity (Wildman–Crippen MR) is 97.5 cm³/mol. The summed E-state index contributed by atoms with van der Waals surface area (Å²) in [7, 11) is 0. The van der Waals surface area contributed by atoms with E-state index in [0.717, 1.165) is 29.2 Å². The quantitative estimate of drug-likeness (QED) is 0.746. The smallest absolute Gasteiger partial charge is 0.410 e. The molecule has 134 valence electrons. The van der Waals surface area contributed by atoms with E-state index >= 15 is 0 Å². The molecule has 1 aliphatic rings. The number of fused-ring (bicyclic) bond motifs is 1. The van der Waals surface area contributed by atoms with Gasteiger partial charge in [-0.2, -0.15) is 0 Å². The molecule has 2 heterocycles. The van der Waals surface area contributed by atoms with Gasteiger partial charge in [-0.3, -0.25) is 4.90 Å². The highest BCUT2D eigenvalue weighted by Crippen LogP contribution is 2.27. The van der Waals surface area contributed by atoms with Gasteiger partial charge in [-0.15, -0.1) is 11.6 Å². The Morgan fingerprint density at radius 1 is 1.32 bits per heavy atom. The molecule has 1 aromatic carbocycles. The van der Waals surface area contributed by atoms with Gasteiger partial charge in [-0.05, 0) is 17.9 Å². The number of imidazole rings is 1. The monoisotopic (exact) mass is 361 g/mol. The van der Waals surface area contributed by atoms with Crippen LogP contribution in [0.1, 0.15) is 49.0 Å². The van der Waals surface area contributed by atoms with Crippen molar-refractivity contribution in [2.45, 2.75) is 51.8 Å². The summed E-state index contributed by atoms with van der Waals surface area (Å²) in [5, 5.41) is 0. The number of amides is 1. The molecule has 3 rings (SSSR count). The van der Waals surface area contributed by atoms with E-state index in [0.29, 0.717) is 31.4 Å². The largest absolute Gasteiger partial charge is 0.445 e. The van der Waals surface area contributed by atoms with Gasteiger partial charge in [0.25, 0.3) is 0 Å². The maximum atomic E-state index is 12.4. The fourth-order valence-electron chi connectivity index (χ4n) is 3.11. The number of carbonyl (C=O) groups excluding carboxylic acids is 1. The minimum Gasteiger partial charge on any atom is -0.445 e. The Morgan fingerprint density at radius 3 is 2.76 bits per heavy atom. The molecule has 0 saturated heterocycles. The van der Waals surface area contributed by atoms with Crippen molar-refractivity contribution in [1.82, 2.24) is 14.5 Å². The van der Waals surface area contributed by atoms with E-state index in [2.05, 4.69) is 18.4 Å². The fraction of sp³-hybridized carbons (Fsp3) is 0.474. The lowest BCUT2D eigenvalue weighted by Crippen LogP contribution is -2.39.